The summed E-state index contributed by atoms with van der Waals surface area (Å²) in [6, 6.07) is 14.1. The number of piperidine rings is 1. The van der Waals surface area contributed by atoms with Gasteiger partial charge in [-0.2, -0.15) is 0 Å². The molecule has 0 aliphatic carbocycles. The monoisotopic (exact) mass is 368 g/mol. The molecule has 2 aromatic rings. The van der Waals surface area contributed by atoms with Crippen LogP contribution in [0, 0.1) is 0 Å². The summed E-state index contributed by atoms with van der Waals surface area (Å²) in [4.78, 5) is 28.1. The first kappa shape index (κ1) is 17.6. The van der Waals surface area contributed by atoms with Crippen molar-refractivity contribution in [1.82, 2.24) is 9.80 Å². The molecular weight excluding hydrogens is 344 g/mol. The van der Waals surface area contributed by atoms with Gasteiger partial charge in [-0.15, -0.1) is 0 Å². The Hall–Kier alpha value is -2.76. The van der Waals surface area contributed by atoms with E-state index in [0.29, 0.717) is 32.0 Å². The predicted molar refractivity (Wildman–Crippen MR) is 102 cm³/mol. The number of carbonyl (C=O) groups excluding carboxylic acids is 2. The molecule has 2 fully saturated rings. The predicted octanol–water partition coefficient (Wildman–Crippen LogP) is 3.05. The number of amides is 2. The van der Waals surface area contributed by atoms with Crippen molar-refractivity contribution in [3.8, 4) is 5.75 Å². The zero-order chi connectivity index (χ0) is 18.8. The van der Waals surface area contributed by atoms with Crippen molar-refractivity contribution in [3.63, 3.8) is 0 Å². The van der Waals surface area contributed by atoms with Gasteiger partial charge in [0.05, 0.1) is 6.54 Å². The van der Waals surface area contributed by atoms with Gasteiger partial charge < -0.3 is 19.3 Å². The molecule has 6 heteroatoms. The maximum atomic E-state index is 12.8. The van der Waals surface area contributed by atoms with Crippen molar-refractivity contribution in [3.05, 3.63) is 42.5 Å². The van der Waals surface area contributed by atoms with Crippen LogP contribution in [0.3, 0.4) is 0 Å². The number of cyclic esters (lactones) is 1. The smallest absolute Gasteiger partial charge is 0.410 e. The Morgan fingerprint density at radius 3 is 2.56 bits per heavy atom. The van der Waals surface area contributed by atoms with Crippen LogP contribution < -0.4 is 4.74 Å². The van der Waals surface area contributed by atoms with E-state index in [-0.39, 0.29) is 18.0 Å². The third-order valence-corrected chi connectivity index (χ3v) is 5.39. The van der Waals surface area contributed by atoms with Crippen molar-refractivity contribution in [2.24, 2.45) is 0 Å². The van der Waals surface area contributed by atoms with Crippen LogP contribution >= 0.6 is 0 Å². The van der Waals surface area contributed by atoms with Gasteiger partial charge in [-0.3, -0.25) is 4.79 Å². The molecule has 0 bridgehead atoms. The molecule has 142 valence electrons. The van der Waals surface area contributed by atoms with Gasteiger partial charge in [0.25, 0.3) is 5.91 Å². The molecule has 0 N–H and O–H groups in total. The Morgan fingerprint density at radius 2 is 1.85 bits per heavy atom. The van der Waals surface area contributed by atoms with Crippen LogP contribution in [-0.4, -0.2) is 60.2 Å². The fraction of sp³-hybridized carbons (Fsp3) is 0.429. The zero-order valence-electron chi connectivity index (χ0n) is 15.5. The lowest BCUT2D eigenvalue weighted by Crippen LogP contribution is -2.49. The van der Waals surface area contributed by atoms with Gasteiger partial charge in [-0.25, -0.2) is 4.79 Å². The molecule has 2 heterocycles. The van der Waals surface area contributed by atoms with E-state index in [1.807, 2.05) is 47.4 Å². The highest BCUT2D eigenvalue weighted by atomic mass is 16.6. The normalized spacial score (nSPS) is 19.2. The van der Waals surface area contributed by atoms with Gasteiger partial charge >= 0.3 is 6.09 Å². The minimum absolute atomic E-state index is 0.00870. The molecule has 0 saturated carbocycles. The fourth-order valence-corrected chi connectivity index (χ4v) is 3.89. The number of hydrogen-bond donors (Lipinski definition) is 0. The first-order chi connectivity index (χ1) is 13.1. The summed E-state index contributed by atoms with van der Waals surface area (Å²) < 4.78 is 10.9. The van der Waals surface area contributed by atoms with Crippen LogP contribution in [0.15, 0.2) is 42.5 Å². The van der Waals surface area contributed by atoms with Crippen LogP contribution in [-0.2, 0) is 9.53 Å². The number of benzene rings is 2. The van der Waals surface area contributed by atoms with E-state index in [0.717, 1.165) is 23.6 Å². The lowest BCUT2D eigenvalue weighted by molar-refractivity contribution is -0.139. The first-order valence-corrected chi connectivity index (χ1v) is 9.49. The lowest BCUT2D eigenvalue weighted by Gasteiger charge is -2.36. The SMILES string of the molecule is C[C@H](Oc1ccc2ccccc2c1)C(=O)N1CCC(N2CCOC2=O)CC1. The minimum atomic E-state index is -0.542. The lowest BCUT2D eigenvalue weighted by atomic mass is 10.0. The molecule has 0 spiro atoms. The molecule has 0 radical (unpaired) electrons. The second-order valence-electron chi connectivity index (χ2n) is 7.13. The molecule has 0 aromatic heterocycles. The molecule has 1 atom stereocenters. The van der Waals surface area contributed by atoms with E-state index in [9.17, 15) is 9.59 Å². The fourth-order valence-electron chi connectivity index (χ4n) is 3.89. The summed E-state index contributed by atoms with van der Waals surface area (Å²) in [5.74, 6) is 0.690. The Kier molecular flexibility index (Phi) is 4.88. The van der Waals surface area contributed by atoms with Gasteiger partial charge in [0.2, 0.25) is 0 Å². The number of nitrogens with zero attached hydrogens (tertiary/aromatic N) is 2. The zero-order valence-corrected chi connectivity index (χ0v) is 15.5. The largest absolute Gasteiger partial charge is 0.481 e. The molecule has 2 aliphatic heterocycles. The summed E-state index contributed by atoms with van der Waals surface area (Å²) in [7, 11) is 0. The number of likely N-dealkylation sites (tertiary alicyclic amines) is 1. The molecule has 2 saturated heterocycles. The van der Waals surface area contributed by atoms with E-state index >= 15 is 0 Å². The summed E-state index contributed by atoms with van der Waals surface area (Å²) in [6.07, 6.45) is 0.792. The van der Waals surface area contributed by atoms with Crippen molar-refractivity contribution >= 4 is 22.8 Å². The van der Waals surface area contributed by atoms with Crippen molar-refractivity contribution < 1.29 is 19.1 Å². The average molecular weight is 368 g/mol. The average Bonchev–Trinajstić information content (AvgIpc) is 3.13. The number of fused-ring (bicyclic) bond motifs is 1. The maximum Gasteiger partial charge on any atom is 0.410 e. The van der Waals surface area contributed by atoms with Gasteiger partial charge in [-0.1, -0.05) is 30.3 Å². The molecule has 2 aliphatic rings. The van der Waals surface area contributed by atoms with Crippen LogP contribution in [0.25, 0.3) is 10.8 Å². The van der Waals surface area contributed by atoms with Gasteiger partial charge in [0.1, 0.15) is 12.4 Å². The van der Waals surface area contributed by atoms with E-state index in [1.54, 1.807) is 11.8 Å². The summed E-state index contributed by atoms with van der Waals surface area (Å²) in [5.41, 5.74) is 0. The van der Waals surface area contributed by atoms with Gasteiger partial charge in [0, 0.05) is 19.1 Å². The first-order valence-electron chi connectivity index (χ1n) is 9.49. The number of rotatable bonds is 4. The van der Waals surface area contributed by atoms with Crippen LogP contribution in [0.2, 0.25) is 0 Å². The second kappa shape index (κ2) is 7.47. The van der Waals surface area contributed by atoms with Gasteiger partial charge in [-0.05, 0) is 42.7 Å². The highest BCUT2D eigenvalue weighted by Crippen LogP contribution is 2.23. The molecule has 6 nitrogen and oxygen atoms in total. The summed E-state index contributed by atoms with van der Waals surface area (Å²) >= 11 is 0. The third-order valence-electron chi connectivity index (χ3n) is 5.39. The standard InChI is InChI=1S/C21H24N2O4/c1-15(27-19-7-6-16-4-2-3-5-17(16)14-19)20(24)22-10-8-18(9-11-22)23-12-13-26-21(23)25/h2-7,14-15,18H,8-13H2,1H3/t15-/m0/s1. The number of ether oxygens (including phenoxy) is 2. The third kappa shape index (κ3) is 3.70. The molecule has 0 unspecified atom stereocenters. The van der Waals surface area contributed by atoms with E-state index in [1.165, 1.54) is 0 Å². The highest BCUT2D eigenvalue weighted by Gasteiger charge is 2.34. The molecule has 4 rings (SSSR count). The minimum Gasteiger partial charge on any atom is -0.481 e. The molecule has 2 amide bonds. The Bertz CT molecular complexity index is 845. The Balaban J connectivity index is 1.34. The molecular formula is C21H24N2O4. The second-order valence-corrected chi connectivity index (χ2v) is 7.13. The van der Waals surface area contributed by atoms with E-state index < -0.39 is 6.10 Å². The van der Waals surface area contributed by atoms with E-state index in [4.69, 9.17) is 9.47 Å². The van der Waals surface area contributed by atoms with Crippen LogP contribution in [0.4, 0.5) is 4.79 Å². The topological polar surface area (TPSA) is 59.1 Å². The summed E-state index contributed by atoms with van der Waals surface area (Å²) in [6.45, 7) is 4.19. The molecule has 2 aromatic carbocycles. The van der Waals surface area contributed by atoms with E-state index in [2.05, 4.69) is 0 Å². The highest BCUT2D eigenvalue weighted by molar-refractivity contribution is 5.84. The molecule has 27 heavy (non-hydrogen) atoms. The number of carbonyl (C=O) groups is 2. The van der Waals surface area contributed by atoms with Crippen molar-refractivity contribution in [1.29, 1.82) is 0 Å². The Labute approximate surface area is 158 Å². The number of hydrogen-bond acceptors (Lipinski definition) is 4. The van der Waals surface area contributed by atoms with Gasteiger partial charge in [0.15, 0.2) is 6.10 Å². The summed E-state index contributed by atoms with van der Waals surface area (Å²) in [5, 5.41) is 2.24. The maximum absolute atomic E-state index is 12.8. The van der Waals surface area contributed by atoms with Crippen LogP contribution in [0.1, 0.15) is 19.8 Å². The van der Waals surface area contributed by atoms with Crippen molar-refractivity contribution in [2.45, 2.75) is 31.9 Å². The van der Waals surface area contributed by atoms with Crippen molar-refractivity contribution in [2.75, 3.05) is 26.2 Å². The quantitative estimate of drug-likeness (QED) is 0.832. The van der Waals surface area contributed by atoms with Crippen LogP contribution in [0.5, 0.6) is 5.75 Å². The Morgan fingerprint density at radius 1 is 1.11 bits per heavy atom.